The van der Waals surface area contributed by atoms with Crippen molar-refractivity contribution in [3.05, 3.63) is 22.2 Å². The molecule has 1 aromatic rings. The molecule has 0 saturated heterocycles. The summed E-state index contributed by atoms with van der Waals surface area (Å²) in [5.74, 6) is 1.26. The predicted octanol–water partition coefficient (Wildman–Crippen LogP) is 0.899. The van der Waals surface area contributed by atoms with E-state index < -0.39 is 0 Å². The average Bonchev–Trinajstić information content (AvgIpc) is 1.81. The summed E-state index contributed by atoms with van der Waals surface area (Å²) in [7, 11) is 0. The maximum absolute atomic E-state index is 11.0. The molecule has 4 heteroatoms. The Bertz CT molecular complexity index is 316. The quantitative estimate of drug-likeness (QED) is 0.688. The van der Waals surface area contributed by atoms with Crippen LogP contribution in [0, 0.1) is 6.92 Å². The summed E-state index contributed by atoms with van der Waals surface area (Å²) in [6.45, 7) is 5.75. The van der Waals surface area contributed by atoms with E-state index in [1.807, 2.05) is 13.8 Å². The SMILES string of the molecule is Cc1nc(NC(C)C)cc(=O)[nH]1. The van der Waals surface area contributed by atoms with Crippen molar-refractivity contribution in [2.24, 2.45) is 0 Å². The molecule has 0 saturated carbocycles. The molecule has 1 rings (SSSR count). The van der Waals surface area contributed by atoms with Crippen molar-refractivity contribution in [2.45, 2.75) is 26.8 Å². The summed E-state index contributed by atoms with van der Waals surface area (Å²) in [5, 5.41) is 3.06. The molecule has 0 aromatic carbocycles. The minimum atomic E-state index is -0.120. The lowest BCUT2D eigenvalue weighted by Crippen LogP contribution is -2.16. The van der Waals surface area contributed by atoms with Crippen LogP contribution >= 0.6 is 0 Å². The molecule has 0 fully saturated rings. The first-order chi connectivity index (χ1) is 5.58. The Labute approximate surface area is 71.0 Å². The van der Waals surface area contributed by atoms with Crippen LogP contribution in [-0.4, -0.2) is 16.0 Å². The molecule has 0 aliphatic heterocycles. The van der Waals surface area contributed by atoms with Crippen LogP contribution in [0.2, 0.25) is 0 Å². The van der Waals surface area contributed by atoms with Crippen molar-refractivity contribution in [3.8, 4) is 0 Å². The fraction of sp³-hybridized carbons (Fsp3) is 0.500. The molecule has 1 heterocycles. The minimum Gasteiger partial charge on any atom is -0.368 e. The largest absolute Gasteiger partial charge is 0.368 e. The number of aromatic nitrogens is 2. The van der Waals surface area contributed by atoms with Crippen LogP contribution in [-0.2, 0) is 0 Å². The Morgan fingerprint density at radius 2 is 2.25 bits per heavy atom. The van der Waals surface area contributed by atoms with Crippen molar-refractivity contribution >= 4 is 5.82 Å². The number of aromatic amines is 1. The number of nitrogens with zero attached hydrogens (tertiary/aromatic N) is 1. The van der Waals surface area contributed by atoms with E-state index in [1.54, 1.807) is 6.92 Å². The number of H-pyrrole nitrogens is 1. The van der Waals surface area contributed by atoms with E-state index in [1.165, 1.54) is 6.07 Å². The standard InChI is InChI=1S/C8H13N3O/c1-5(2)9-7-4-8(12)11-6(3)10-7/h4-5H,1-3H3,(H2,9,10,11,12). The van der Waals surface area contributed by atoms with Crippen molar-refractivity contribution in [3.63, 3.8) is 0 Å². The van der Waals surface area contributed by atoms with E-state index in [2.05, 4.69) is 15.3 Å². The molecule has 2 N–H and O–H groups in total. The number of nitrogens with one attached hydrogen (secondary N) is 2. The molecule has 0 atom stereocenters. The number of rotatable bonds is 2. The van der Waals surface area contributed by atoms with Gasteiger partial charge >= 0.3 is 0 Å². The highest BCUT2D eigenvalue weighted by Gasteiger charge is 1.98. The third kappa shape index (κ3) is 2.38. The molecule has 12 heavy (non-hydrogen) atoms. The third-order valence-electron chi connectivity index (χ3n) is 1.30. The molecule has 0 spiro atoms. The summed E-state index contributed by atoms with van der Waals surface area (Å²) in [6.07, 6.45) is 0. The first-order valence-electron chi connectivity index (χ1n) is 3.92. The third-order valence-corrected chi connectivity index (χ3v) is 1.30. The second-order valence-corrected chi connectivity index (χ2v) is 3.02. The normalized spacial score (nSPS) is 10.3. The van der Waals surface area contributed by atoms with Gasteiger partial charge in [-0.05, 0) is 20.8 Å². The highest BCUT2D eigenvalue weighted by Crippen LogP contribution is 1.99. The lowest BCUT2D eigenvalue weighted by molar-refractivity contribution is 0.877. The van der Waals surface area contributed by atoms with Gasteiger partial charge in [0.15, 0.2) is 0 Å². The van der Waals surface area contributed by atoms with Crippen molar-refractivity contribution < 1.29 is 0 Å². The summed E-state index contributed by atoms with van der Waals surface area (Å²) < 4.78 is 0. The zero-order valence-corrected chi connectivity index (χ0v) is 7.51. The number of hydrogen-bond acceptors (Lipinski definition) is 3. The van der Waals surface area contributed by atoms with Crippen LogP contribution in [0.15, 0.2) is 10.9 Å². The highest BCUT2D eigenvalue weighted by atomic mass is 16.1. The molecule has 0 aliphatic carbocycles. The van der Waals surface area contributed by atoms with Gasteiger partial charge in [0, 0.05) is 12.1 Å². The Kier molecular flexibility index (Phi) is 2.47. The minimum absolute atomic E-state index is 0.120. The molecule has 0 unspecified atom stereocenters. The van der Waals surface area contributed by atoms with Crippen LogP contribution < -0.4 is 10.9 Å². The van der Waals surface area contributed by atoms with Gasteiger partial charge in [-0.1, -0.05) is 0 Å². The molecular formula is C8H13N3O. The molecule has 0 aliphatic rings. The van der Waals surface area contributed by atoms with E-state index >= 15 is 0 Å². The molecule has 0 bridgehead atoms. The molecule has 0 radical (unpaired) electrons. The van der Waals surface area contributed by atoms with Gasteiger partial charge in [-0.3, -0.25) is 4.79 Å². The number of anilines is 1. The van der Waals surface area contributed by atoms with Crippen molar-refractivity contribution in [2.75, 3.05) is 5.32 Å². The molecule has 4 nitrogen and oxygen atoms in total. The van der Waals surface area contributed by atoms with Crippen molar-refractivity contribution in [1.82, 2.24) is 9.97 Å². The second kappa shape index (κ2) is 3.38. The Hall–Kier alpha value is -1.32. The van der Waals surface area contributed by atoms with Crippen LogP contribution in [0.4, 0.5) is 5.82 Å². The van der Waals surface area contributed by atoms with Gasteiger partial charge in [-0.15, -0.1) is 0 Å². The monoisotopic (exact) mass is 167 g/mol. The summed E-state index contributed by atoms with van der Waals surface area (Å²) in [5.41, 5.74) is -0.120. The topological polar surface area (TPSA) is 57.8 Å². The van der Waals surface area contributed by atoms with E-state index in [0.29, 0.717) is 17.7 Å². The zero-order valence-electron chi connectivity index (χ0n) is 7.51. The maximum Gasteiger partial charge on any atom is 0.252 e. The van der Waals surface area contributed by atoms with Gasteiger partial charge in [-0.2, -0.15) is 0 Å². The Morgan fingerprint density at radius 1 is 1.58 bits per heavy atom. The summed E-state index contributed by atoms with van der Waals surface area (Å²) in [6, 6.07) is 1.74. The molecule has 66 valence electrons. The van der Waals surface area contributed by atoms with Crippen LogP contribution in [0.25, 0.3) is 0 Å². The van der Waals surface area contributed by atoms with E-state index in [0.717, 1.165) is 0 Å². The summed E-state index contributed by atoms with van der Waals surface area (Å²) in [4.78, 5) is 17.6. The zero-order chi connectivity index (χ0) is 9.14. The van der Waals surface area contributed by atoms with E-state index in [9.17, 15) is 4.79 Å². The molecule has 1 aromatic heterocycles. The molecule has 0 amide bonds. The fourth-order valence-corrected chi connectivity index (χ4v) is 0.949. The van der Waals surface area contributed by atoms with E-state index in [-0.39, 0.29) is 5.56 Å². The number of aryl methyl sites for hydroxylation is 1. The average molecular weight is 167 g/mol. The first-order valence-corrected chi connectivity index (χ1v) is 3.92. The number of hydrogen-bond donors (Lipinski definition) is 2. The van der Waals surface area contributed by atoms with Gasteiger partial charge in [-0.25, -0.2) is 4.98 Å². The van der Waals surface area contributed by atoms with Crippen LogP contribution in [0.1, 0.15) is 19.7 Å². The smallest absolute Gasteiger partial charge is 0.252 e. The van der Waals surface area contributed by atoms with Gasteiger partial charge in [0.25, 0.3) is 5.56 Å². The van der Waals surface area contributed by atoms with Crippen LogP contribution in [0.5, 0.6) is 0 Å². The summed E-state index contributed by atoms with van der Waals surface area (Å²) >= 11 is 0. The van der Waals surface area contributed by atoms with Crippen molar-refractivity contribution in [1.29, 1.82) is 0 Å². The van der Waals surface area contributed by atoms with Crippen LogP contribution in [0.3, 0.4) is 0 Å². The predicted molar refractivity (Wildman–Crippen MR) is 48.4 cm³/mol. The van der Waals surface area contributed by atoms with Gasteiger partial charge in [0.2, 0.25) is 0 Å². The Morgan fingerprint density at radius 3 is 2.75 bits per heavy atom. The van der Waals surface area contributed by atoms with Gasteiger partial charge in [0.05, 0.1) is 0 Å². The fourth-order valence-electron chi connectivity index (χ4n) is 0.949. The van der Waals surface area contributed by atoms with Gasteiger partial charge in [0.1, 0.15) is 11.6 Å². The first kappa shape index (κ1) is 8.77. The second-order valence-electron chi connectivity index (χ2n) is 3.02. The Balaban J connectivity index is 2.93. The maximum atomic E-state index is 11.0. The van der Waals surface area contributed by atoms with E-state index in [4.69, 9.17) is 0 Å². The van der Waals surface area contributed by atoms with Gasteiger partial charge < -0.3 is 10.3 Å². The highest BCUT2D eigenvalue weighted by molar-refractivity contribution is 5.33. The lowest BCUT2D eigenvalue weighted by atomic mass is 10.4. The lowest BCUT2D eigenvalue weighted by Gasteiger charge is -2.08. The molecular weight excluding hydrogens is 154 g/mol.